The average molecular weight is 311 g/mol. The predicted molar refractivity (Wildman–Crippen MR) is 82.8 cm³/mol. The molecule has 0 aliphatic carbocycles. The van der Waals surface area contributed by atoms with E-state index in [0.717, 1.165) is 16.4 Å². The molecule has 0 bridgehead atoms. The van der Waals surface area contributed by atoms with Crippen molar-refractivity contribution in [2.75, 3.05) is 26.1 Å². The molecule has 0 fully saturated rings. The van der Waals surface area contributed by atoms with Crippen molar-refractivity contribution in [3.05, 3.63) is 35.7 Å². The van der Waals surface area contributed by atoms with E-state index in [2.05, 4.69) is 9.36 Å². The van der Waals surface area contributed by atoms with Crippen LogP contribution in [-0.4, -0.2) is 34.8 Å². The lowest BCUT2D eigenvalue weighted by molar-refractivity contribution is 0.414. The van der Waals surface area contributed by atoms with Crippen molar-refractivity contribution < 1.29 is 8.95 Å². The Morgan fingerprint density at radius 1 is 1.35 bits per heavy atom. The Morgan fingerprint density at radius 3 is 2.80 bits per heavy atom. The van der Waals surface area contributed by atoms with Gasteiger partial charge in [-0.3, -0.25) is 4.21 Å². The third kappa shape index (κ3) is 4.01. The van der Waals surface area contributed by atoms with E-state index < -0.39 is 10.8 Å². The predicted octanol–water partition coefficient (Wildman–Crippen LogP) is 2.06. The maximum Gasteiger partial charge on any atom is 0.204 e. The van der Waals surface area contributed by atoms with Crippen molar-refractivity contribution >= 4 is 27.5 Å². The Hall–Kier alpha value is -1.47. The van der Waals surface area contributed by atoms with Gasteiger partial charge in [-0.05, 0) is 17.7 Å². The zero-order valence-electron chi connectivity index (χ0n) is 11.7. The van der Waals surface area contributed by atoms with Crippen molar-refractivity contribution in [2.24, 2.45) is 0 Å². The summed E-state index contributed by atoms with van der Waals surface area (Å²) in [5, 5.41) is 0.832. The van der Waals surface area contributed by atoms with E-state index >= 15 is 0 Å². The van der Waals surface area contributed by atoms with Crippen LogP contribution in [0.15, 0.2) is 24.3 Å². The van der Waals surface area contributed by atoms with Crippen LogP contribution in [0.3, 0.4) is 0 Å². The molecule has 1 aromatic carbocycles. The number of hydrogen-bond acceptors (Lipinski definition) is 6. The average Bonchev–Trinajstić information content (AvgIpc) is 2.87. The third-order valence-electron chi connectivity index (χ3n) is 2.59. The van der Waals surface area contributed by atoms with Gasteiger partial charge in [-0.2, -0.15) is 4.37 Å². The highest BCUT2D eigenvalue weighted by Crippen LogP contribution is 2.17. The summed E-state index contributed by atoms with van der Waals surface area (Å²) in [6.07, 6.45) is 0. The molecule has 0 N–H and O–H groups in total. The number of anilines is 1. The van der Waals surface area contributed by atoms with E-state index in [9.17, 15) is 4.21 Å². The summed E-state index contributed by atoms with van der Waals surface area (Å²) in [7, 11) is 4.43. The highest BCUT2D eigenvalue weighted by molar-refractivity contribution is 7.83. The highest BCUT2D eigenvalue weighted by atomic mass is 32.2. The van der Waals surface area contributed by atoms with Crippen LogP contribution in [0.1, 0.15) is 11.4 Å². The molecular weight excluding hydrogens is 294 g/mol. The molecule has 0 aliphatic rings. The Bertz CT molecular complexity index is 599. The molecule has 0 spiro atoms. The van der Waals surface area contributed by atoms with Gasteiger partial charge >= 0.3 is 0 Å². The van der Waals surface area contributed by atoms with Crippen LogP contribution in [0.25, 0.3) is 0 Å². The quantitative estimate of drug-likeness (QED) is 0.817. The number of rotatable bonds is 6. The molecule has 20 heavy (non-hydrogen) atoms. The summed E-state index contributed by atoms with van der Waals surface area (Å²) < 4.78 is 21.5. The first-order chi connectivity index (χ1) is 9.58. The van der Waals surface area contributed by atoms with E-state index in [1.807, 2.05) is 43.3 Å². The first-order valence-corrected chi connectivity index (χ1v) is 8.32. The van der Waals surface area contributed by atoms with E-state index in [-0.39, 0.29) is 0 Å². The molecule has 7 heteroatoms. The third-order valence-corrected chi connectivity index (χ3v) is 4.75. The summed E-state index contributed by atoms with van der Waals surface area (Å²) in [6.45, 7) is 0. The fourth-order valence-corrected chi connectivity index (χ4v) is 3.38. The lowest BCUT2D eigenvalue weighted by Gasteiger charge is -2.05. The highest BCUT2D eigenvalue weighted by Gasteiger charge is 2.10. The number of nitrogens with zero attached hydrogens (tertiary/aromatic N) is 3. The Labute approximate surface area is 125 Å². The molecule has 2 aromatic rings. The molecule has 0 radical (unpaired) electrons. The van der Waals surface area contributed by atoms with E-state index in [1.165, 1.54) is 11.5 Å². The first kappa shape index (κ1) is 14.9. The molecule has 1 unspecified atom stereocenters. The smallest absolute Gasteiger partial charge is 0.204 e. The summed E-state index contributed by atoms with van der Waals surface area (Å²) >= 11 is 1.32. The second-order valence-electron chi connectivity index (χ2n) is 4.47. The van der Waals surface area contributed by atoms with Gasteiger partial charge in [0.05, 0.1) is 12.9 Å². The molecule has 0 aliphatic heterocycles. The zero-order valence-corrected chi connectivity index (χ0v) is 13.3. The zero-order chi connectivity index (χ0) is 14.5. The SMILES string of the molecule is COc1cccc(CS(=O)Cc2nsc(N(C)C)n2)c1. The van der Waals surface area contributed by atoms with Gasteiger partial charge in [0, 0.05) is 42.2 Å². The number of methoxy groups -OCH3 is 1. The van der Waals surface area contributed by atoms with Gasteiger partial charge in [0.25, 0.3) is 0 Å². The fraction of sp³-hybridized carbons (Fsp3) is 0.385. The molecule has 1 atom stereocenters. The summed E-state index contributed by atoms with van der Waals surface area (Å²) in [5.74, 6) is 2.27. The topological polar surface area (TPSA) is 55.3 Å². The molecule has 1 heterocycles. The van der Waals surface area contributed by atoms with Crippen molar-refractivity contribution in [1.29, 1.82) is 0 Å². The van der Waals surface area contributed by atoms with Crippen molar-refractivity contribution in [3.8, 4) is 5.75 Å². The van der Waals surface area contributed by atoms with Gasteiger partial charge in [0.1, 0.15) is 5.75 Å². The van der Waals surface area contributed by atoms with E-state index in [0.29, 0.717) is 17.3 Å². The standard InChI is InChI=1S/C13H17N3O2S2/c1-16(2)13-14-12(15-19-13)9-20(17)8-10-5-4-6-11(7-10)18-3/h4-7H,8-9H2,1-3H3. The minimum Gasteiger partial charge on any atom is -0.497 e. The first-order valence-electron chi connectivity index (χ1n) is 6.06. The lowest BCUT2D eigenvalue weighted by Crippen LogP contribution is -2.08. The van der Waals surface area contributed by atoms with Gasteiger partial charge in [-0.25, -0.2) is 4.98 Å². The van der Waals surface area contributed by atoms with Gasteiger partial charge in [0.2, 0.25) is 5.13 Å². The molecule has 1 aromatic heterocycles. The monoisotopic (exact) mass is 311 g/mol. The van der Waals surface area contributed by atoms with Gasteiger partial charge in [0.15, 0.2) is 5.82 Å². The normalized spacial score (nSPS) is 12.2. The molecule has 2 rings (SSSR count). The summed E-state index contributed by atoms with van der Waals surface area (Å²) in [4.78, 5) is 6.24. The van der Waals surface area contributed by atoms with Crippen LogP contribution in [0.4, 0.5) is 5.13 Å². The second kappa shape index (κ2) is 6.81. The number of hydrogen-bond donors (Lipinski definition) is 0. The summed E-state index contributed by atoms with van der Waals surface area (Å²) in [6, 6.07) is 7.62. The van der Waals surface area contributed by atoms with Gasteiger partial charge in [-0.1, -0.05) is 12.1 Å². The van der Waals surface area contributed by atoms with Crippen LogP contribution < -0.4 is 9.64 Å². The Balaban J connectivity index is 1.97. The molecule has 5 nitrogen and oxygen atoms in total. The minimum absolute atomic E-state index is 0.377. The van der Waals surface area contributed by atoms with Crippen LogP contribution in [0.2, 0.25) is 0 Å². The molecule has 0 saturated heterocycles. The number of benzene rings is 1. The van der Waals surface area contributed by atoms with Crippen molar-refractivity contribution in [3.63, 3.8) is 0 Å². The van der Waals surface area contributed by atoms with Crippen molar-refractivity contribution in [2.45, 2.75) is 11.5 Å². The largest absolute Gasteiger partial charge is 0.497 e. The lowest BCUT2D eigenvalue weighted by atomic mass is 10.2. The van der Waals surface area contributed by atoms with Gasteiger partial charge in [-0.15, -0.1) is 0 Å². The van der Waals surface area contributed by atoms with Crippen molar-refractivity contribution in [1.82, 2.24) is 9.36 Å². The maximum absolute atomic E-state index is 12.1. The number of ether oxygens (including phenoxy) is 1. The minimum atomic E-state index is -1.02. The number of aromatic nitrogens is 2. The van der Waals surface area contributed by atoms with Crippen LogP contribution in [-0.2, 0) is 22.3 Å². The second-order valence-corrected chi connectivity index (χ2v) is 6.65. The van der Waals surface area contributed by atoms with Gasteiger partial charge < -0.3 is 9.64 Å². The van der Waals surface area contributed by atoms with E-state index in [1.54, 1.807) is 7.11 Å². The Kier molecular flexibility index (Phi) is 5.08. The van der Waals surface area contributed by atoms with Crippen LogP contribution >= 0.6 is 11.5 Å². The van der Waals surface area contributed by atoms with E-state index in [4.69, 9.17) is 4.74 Å². The maximum atomic E-state index is 12.1. The summed E-state index contributed by atoms with van der Waals surface area (Å²) in [5.41, 5.74) is 0.991. The molecule has 0 amide bonds. The van der Waals surface area contributed by atoms with Crippen LogP contribution in [0, 0.1) is 0 Å². The molecule has 0 saturated carbocycles. The Morgan fingerprint density at radius 2 is 2.15 bits per heavy atom. The fourth-order valence-electron chi connectivity index (χ4n) is 1.63. The van der Waals surface area contributed by atoms with Crippen LogP contribution in [0.5, 0.6) is 5.75 Å². The molecular formula is C13H17N3O2S2. The molecule has 108 valence electrons.